The number of hydrogen-bond acceptors (Lipinski definition) is 3. The van der Waals surface area contributed by atoms with Gasteiger partial charge in [-0.1, -0.05) is 17.7 Å². The number of benzene rings is 1. The monoisotopic (exact) mass is 296 g/mol. The first-order valence-corrected chi connectivity index (χ1v) is 7.36. The molecule has 1 heterocycles. The van der Waals surface area contributed by atoms with Gasteiger partial charge in [-0.05, 0) is 50.7 Å². The molecule has 0 aliphatic carbocycles. The number of likely N-dealkylation sites (tertiary alicyclic amines) is 1. The zero-order chi connectivity index (χ0) is 14.5. The molecule has 1 saturated heterocycles. The summed E-state index contributed by atoms with van der Waals surface area (Å²) in [5.41, 5.74) is 1.21. The smallest absolute Gasteiger partial charge is 0.335 e. The minimum atomic E-state index is -0.944. The fraction of sp³-hybridized carbons (Fsp3) is 0.533. The number of hydrogen-bond donors (Lipinski definition) is 1. The Balaban J connectivity index is 1.86. The summed E-state index contributed by atoms with van der Waals surface area (Å²) < 4.78 is 0. The number of halogens is 1. The maximum atomic E-state index is 10.9. The summed E-state index contributed by atoms with van der Waals surface area (Å²) in [5, 5.41) is 9.44. The maximum absolute atomic E-state index is 10.9. The predicted octanol–water partition coefficient (Wildman–Crippen LogP) is 2.57. The van der Waals surface area contributed by atoms with Gasteiger partial charge in [-0.15, -0.1) is 0 Å². The lowest BCUT2D eigenvalue weighted by Gasteiger charge is -2.21. The molecule has 0 saturated carbocycles. The SMILES string of the molecule is CN(CCN1CCCC1)Cc1ccc(C(=O)O)cc1Cl. The highest BCUT2D eigenvalue weighted by atomic mass is 35.5. The lowest BCUT2D eigenvalue weighted by atomic mass is 10.1. The highest BCUT2D eigenvalue weighted by Gasteiger charge is 2.13. The van der Waals surface area contributed by atoms with Crippen LogP contribution in [0.2, 0.25) is 5.02 Å². The summed E-state index contributed by atoms with van der Waals surface area (Å²) in [6.07, 6.45) is 2.62. The van der Waals surface area contributed by atoms with Crippen molar-refractivity contribution in [3.05, 3.63) is 34.3 Å². The third-order valence-corrected chi connectivity index (χ3v) is 4.09. The van der Waals surface area contributed by atoms with Crippen LogP contribution in [0.25, 0.3) is 0 Å². The number of carboxylic acid groups (broad SMARTS) is 1. The van der Waals surface area contributed by atoms with E-state index in [-0.39, 0.29) is 5.56 Å². The van der Waals surface area contributed by atoms with E-state index in [9.17, 15) is 4.79 Å². The van der Waals surface area contributed by atoms with E-state index in [4.69, 9.17) is 16.7 Å². The molecular formula is C15H21ClN2O2. The Hall–Kier alpha value is -1.10. The van der Waals surface area contributed by atoms with Crippen LogP contribution >= 0.6 is 11.6 Å². The van der Waals surface area contributed by atoms with Crippen molar-refractivity contribution < 1.29 is 9.90 Å². The molecule has 0 aromatic heterocycles. The molecular weight excluding hydrogens is 276 g/mol. The normalized spacial score (nSPS) is 15.9. The number of carboxylic acids is 1. The number of aromatic carboxylic acids is 1. The molecule has 1 aliphatic heterocycles. The van der Waals surface area contributed by atoms with E-state index < -0.39 is 5.97 Å². The number of carbonyl (C=O) groups is 1. The van der Waals surface area contributed by atoms with Gasteiger partial charge in [0.15, 0.2) is 0 Å². The molecule has 4 nitrogen and oxygen atoms in total. The highest BCUT2D eigenvalue weighted by molar-refractivity contribution is 6.31. The molecule has 0 radical (unpaired) electrons. The van der Waals surface area contributed by atoms with Gasteiger partial charge in [0.05, 0.1) is 5.56 Å². The minimum Gasteiger partial charge on any atom is -0.478 e. The zero-order valence-electron chi connectivity index (χ0n) is 11.8. The molecule has 5 heteroatoms. The van der Waals surface area contributed by atoms with E-state index in [0.717, 1.165) is 25.2 Å². The molecule has 2 rings (SSSR count). The molecule has 1 fully saturated rings. The van der Waals surface area contributed by atoms with Crippen molar-refractivity contribution in [3.8, 4) is 0 Å². The number of nitrogens with zero attached hydrogens (tertiary/aromatic N) is 2. The average Bonchev–Trinajstić information content (AvgIpc) is 2.91. The van der Waals surface area contributed by atoms with E-state index in [1.807, 2.05) is 0 Å². The fourth-order valence-corrected chi connectivity index (χ4v) is 2.74. The van der Waals surface area contributed by atoms with E-state index in [1.54, 1.807) is 12.1 Å². The summed E-state index contributed by atoms with van der Waals surface area (Å²) in [4.78, 5) is 15.6. The van der Waals surface area contributed by atoms with Crippen LogP contribution in [-0.2, 0) is 6.54 Å². The first-order valence-electron chi connectivity index (χ1n) is 6.99. The summed E-state index contributed by atoms with van der Waals surface area (Å²) in [7, 11) is 2.07. The maximum Gasteiger partial charge on any atom is 0.335 e. The van der Waals surface area contributed by atoms with Gasteiger partial charge in [0.2, 0.25) is 0 Å². The molecule has 20 heavy (non-hydrogen) atoms. The van der Waals surface area contributed by atoms with E-state index >= 15 is 0 Å². The van der Waals surface area contributed by atoms with Gasteiger partial charge in [0, 0.05) is 24.7 Å². The lowest BCUT2D eigenvalue weighted by Crippen LogP contribution is -2.31. The molecule has 1 aromatic rings. The lowest BCUT2D eigenvalue weighted by molar-refractivity contribution is 0.0697. The quantitative estimate of drug-likeness (QED) is 0.876. The van der Waals surface area contributed by atoms with Crippen LogP contribution in [0.3, 0.4) is 0 Å². The summed E-state index contributed by atoms with van der Waals surface area (Å²) in [5.74, 6) is -0.944. The number of rotatable bonds is 6. The molecule has 1 aromatic carbocycles. The van der Waals surface area contributed by atoms with Crippen molar-refractivity contribution in [1.82, 2.24) is 9.80 Å². The van der Waals surface area contributed by atoms with Crippen molar-refractivity contribution in [3.63, 3.8) is 0 Å². The largest absolute Gasteiger partial charge is 0.478 e. The van der Waals surface area contributed by atoms with E-state index in [0.29, 0.717) is 5.02 Å². The van der Waals surface area contributed by atoms with Gasteiger partial charge in [-0.3, -0.25) is 0 Å². The van der Waals surface area contributed by atoms with Crippen LogP contribution in [0.4, 0.5) is 0 Å². The van der Waals surface area contributed by atoms with Crippen molar-refractivity contribution in [1.29, 1.82) is 0 Å². The zero-order valence-corrected chi connectivity index (χ0v) is 12.6. The molecule has 110 valence electrons. The Bertz CT molecular complexity index is 473. The number of likely N-dealkylation sites (N-methyl/N-ethyl adjacent to an activating group) is 1. The Kier molecular flexibility index (Phi) is 5.40. The van der Waals surface area contributed by atoms with Crippen molar-refractivity contribution in [2.45, 2.75) is 19.4 Å². The van der Waals surface area contributed by atoms with Gasteiger partial charge >= 0.3 is 5.97 Å². The predicted molar refractivity (Wildman–Crippen MR) is 80.4 cm³/mol. The second kappa shape index (κ2) is 7.07. The third kappa shape index (κ3) is 4.20. The molecule has 1 aliphatic rings. The van der Waals surface area contributed by atoms with Gasteiger partial charge in [0.1, 0.15) is 0 Å². The van der Waals surface area contributed by atoms with Crippen LogP contribution < -0.4 is 0 Å². The van der Waals surface area contributed by atoms with E-state index in [1.165, 1.54) is 32.0 Å². The fourth-order valence-electron chi connectivity index (χ4n) is 2.50. The van der Waals surface area contributed by atoms with Gasteiger partial charge in [0.25, 0.3) is 0 Å². The molecule has 0 bridgehead atoms. The Morgan fingerprint density at radius 3 is 2.70 bits per heavy atom. The minimum absolute atomic E-state index is 0.235. The molecule has 0 spiro atoms. The van der Waals surface area contributed by atoms with Crippen LogP contribution in [0, 0.1) is 0 Å². The van der Waals surface area contributed by atoms with Crippen molar-refractivity contribution >= 4 is 17.6 Å². The second-order valence-corrected chi connectivity index (χ2v) is 5.81. The van der Waals surface area contributed by atoms with E-state index in [2.05, 4.69) is 16.8 Å². The summed E-state index contributed by atoms with van der Waals surface area (Å²) >= 11 is 6.14. The van der Waals surface area contributed by atoms with Gasteiger partial charge in [-0.25, -0.2) is 4.79 Å². The summed E-state index contributed by atoms with van der Waals surface area (Å²) in [6.45, 7) is 5.24. The van der Waals surface area contributed by atoms with Crippen LogP contribution in [0.5, 0.6) is 0 Å². The average molecular weight is 297 g/mol. The molecule has 0 amide bonds. The van der Waals surface area contributed by atoms with Crippen molar-refractivity contribution in [2.75, 3.05) is 33.2 Å². The Labute approximate surface area is 124 Å². The molecule has 1 N–H and O–H groups in total. The highest BCUT2D eigenvalue weighted by Crippen LogP contribution is 2.19. The first-order chi connectivity index (χ1) is 9.56. The Morgan fingerprint density at radius 2 is 2.10 bits per heavy atom. The van der Waals surface area contributed by atoms with Gasteiger partial charge < -0.3 is 14.9 Å². The topological polar surface area (TPSA) is 43.8 Å². The Morgan fingerprint density at radius 1 is 1.40 bits per heavy atom. The van der Waals surface area contributed by atoms with Crippen LogP contribution in [-0.4, -0.2) is 54.1 Å². The summed E-state index contributed by atoms with van der Waals surface area (Å²) in [6, 6.07) is 4.93. The third-order valence-electron chi connectivity index (χ3n) is 3.74. The van der Waals surface area contributed by atoms with Gasteiger partial charge in [-0.2, -0.15) is 0 Å². The van der Waals surface area contributed by atoms with Crippen LogP contribution in [0.15, 0.2) is 18.2 Å². The first kappa shape index (κ1) is 15.3. The second-order valence-electron chi connectivity index (χ2n) is 5.40. The van der Waals surface area contributed by atoms with Crippen molar-refractivity contribution in [2.24, 2.45) is 0 Å². The molecule has 0 unspecified atom stereocenters. The standard InChI is InChI=1S/C15H21ClN2O2/c1-17(8-9-18-6-2-3-7-18)11-13-5-4-12(15(19)20)10-14(13)16/h4-5,10H,2-3,6-9,11H2,1H3,(H,19,20). The van der Waals surface area contributed by atoms with Crippen LogP contribution in [0.1, 0.15) is 28.8 Å². The molecule has 0 atom stereocenters.